The standard InChI is InChI=1S/C13H15F3N2O2/c1-3-8(2)17-11(19)12(20)18-10-7-5-4-6-9(10)13(14,15)16/h4-8H,3H2,1-2H3,(H,17,19)(H,18,20)/t8-/m0/s1. The van der Waals surface area contributed by atoms with Gasteiger partial charge in [0.15, 0.2) is 0 Å². The fourth-order valence-corrected chi connectivity index (χ4v) is 1.41. The van der Waals surface area contributed by atoms with E-state index in [1.807, 2.05) is 12.2 Å². The fraction of sp³-hybridized carbons (Fsp3) is 0.385. The predicted octanol–water partition coefficient (Wildman–Crippen LogP) is 2.56. The molecule has 0 spiro atoms. The van der Waals surface area contributed by atoms with Crippen molar-refractivity contribution in [3.63, 3.8) is 0 Å². The molecule has 0 fully saturated rings. The zero-order valence-corrected chi connectivity index (χ0v) is 11.0. The lowest BCUT2D eigenvalue weighted by molar-refractivity contribution is -0.138. The van der Waals surface area contributed by atoms with Crippen molar-refractivity contribution in [2.75, 3.05) is 5.32 Å². The number of carbonyl (C=O) groups is 2. The predicted molar refractivity (Wildman–Crippen MR) is 68.0 cm³/mol. The summed E-state index contributed by atoms with van der Waals surface area (Å²) in [6.07, 6.45) is -3.99. The Morgan fingerprint density at radius 1 is 1.20 bits per heavy atom. The third kappa shape index (κ3) is 4.25. The molecule has 0 saturated carbocycles. The summed E-state index contributed by atoms with van der Waals surface area (Å²) in [7, 11) is 0. The number of anilines is 1. The van der Waals surface area contributed by atoms with Crippen LogP contribution in [-0.4, -0.2) is 17.9 Å². The van der Waals surface area contributed by atoms with E-state index < -0.39 is 29.2 Å². The first-order valence-electron chi connectivity index (χ1n) is 6.03. The highest BCUT2D eigenvalue weighted by Gasteiger charge is 2.34. The maximum atomic E-state index is 12.7. The number of halogens is 3. The largest absolute Gasteiger partial charge is 0.418 e. The molecule has 0 heterocycles. The Labute approximate surface area is 114 Å². The summed E-state index contributed by atoms with van der Waals surface area (Å²) < 4.78 is 38.1. The van der Waals surface area contributed by atoms with Crippen LogP contribution in [0.2, 0.25) is 0 Å². The molecule has 0 saturated heterocycles. The quantitative estimate of drug-likeness (QED) is 0.840. The average molecular weight is 288 g/mol. The molecular weight excluding hydrogens is 273 g/mol. The molecule has 0 aromatic heterocycles. The Hall–Kier alpha value is -2.05. The molecule has 0 aliphatic heterocycles. The first-order chi connectivity index (χ1) is 9.25. The lowest BCUT2D eigenvalue weighted by Gasteiger charge is -2.14. The van der Waals surface area contributed by atoms with Gasteiger partial charge in [0.2, 0.25) is 0 Å². The Balaban J connectivity index is 2.84. The first-order valence-corrected chi connectivity index (χ1v) is 6.03. The molecule has 0 bridgehead atoms. The summed E-state index contributed by atoms with van der Waals surface area (Å²) in [4.78, 5) is 23.0. The lowest BCUT2D eigenvalue weighted by Crippen LogP contribution is -2.40. The molecule has 1 atom stereocenters. The van der Waals surface area contributed by atoms with Crippen LogP contribution < -0.4 is 10.6 Å². The fourth-order valence-electron chi connectivity index (χ4n) is 1.41. The van der Waals surface area contributed by atoms with Gasteiger partial charge < -0.3 is 10.6 Å². The van der Waals surface area contributed by atoms with Gasteiger partial charge in [-0.3, -0.25) is 9.59 Å². The van der Waals surface area contributed by atoms with Gasteiger partial charge in [0, 0.05) is 6.04 Å². The van der Waals surface area contributed by atoms with E-state index in [1.54, 1.807) is 6.92 Å². The van der Waals surface area contributed by atoms with E-state index >= 15 is 0 Å². The molecule has 1 rings (SSSR count). The molecule has 0 radical (unpaired) electrons. The van der Waals surface area contributed by atoms with Crippen molar-refractivity contribution in [3.8, 4) is 0 Å². The van der Waals surface area contributed by atoms with Crippen molar-refractivity contribution in [1.82, 2.24) is 5.32 Å². The van der Waals surface area contributed by atoms with E-state index in [9.17, 15) is 22.8 Å². The second-order valence-corrected chi connectivity index (χ2v) is 4.28. The molecule has 0 unspecified atom stereocenters. The highest BCUT2D eigenvalue weighted by Crippen LogP contribution is 2.34. The van der Waals surface area contributed by atoms with Crippen LogP contribution in [-0.2, 0) is 15.8 Å². The van der Waals surface area contributed by atoms with Gasteiger partial charge in [0.25, 0.3) is 0 Å². The summed E-state index contributed by atoms with van der Waals surface area (Å²) in [5, 5.41) is 4.35. The van der Waals surface area contributed by atoms with Crippen molar-refractivity contribution >= 4 is 17.5 Å². The third-order valence-corrected chi connectivity index (χ3v) is 2.68. The maximum absolute atomic E-state index is 12.7. The van der Waals surface area contributed by atoms with E-state index in [2.05, 4.69) is 5.32 Å². The smallest absolute Gasteiger partial charge is 0.345 e. The number of benzene rings is 1. The van der Waals surface area contributed by atoms with Gasteiger partial charge in [-0.2, -0.15) is 13.2 Å². The zero-order valence-electron chi connectivity index (χ0n) is 11.0. The van der Waals surface area contributed by atoms with Gasteiger partial charge in [-0.25, -0.2) is 0 Å². The van der Waals surface area contributed by atoms with Crippen LogP contribution in [0.3, 0.4) is 0 Å². The summed E-state index contributed by atoms with van der Waals surface area (Å²) in [6.45, 7) is 3.50. The molecule has 0 aliphatic rings. The molecule has 7 heteroatoms. The molecule has 1 aromatic rings. The van der Waals surface area contributed by atoms with Crippen molar-refractivity contribution in [2.24, 2.45) is 0 Å². The van der Waals surface area contributed by atoms with Crippen LogP contribution in [0.15, 0.2) is 24.3 Å². The Morgan fingerprint density at radius 3 is 2.35 bits per heavy atom. The maximum Gasteiger partial charge on any atom is 0.418 e. The molecular formula is C13H15F3N2O2. The van der Waals surface area contributed by atoms with Crippen molar-refractivity contribution in [1.29, 1.82) is 0 Å². The summed E-state index contributed by atoms with van der Waals surface area (Å²) in [5.74, 6) is -2.08. The highest BCUT2D eigenvalue weighted by atomic mass is 19.4. The minimum Gasteiger partial charge on any atom is -0.345 e. The van der Waals surface area contributed by atoms with Crippen molar-refractivity contribution in [2.45, 2.75) is 32.5 Å². The van der Waals surface area contributed by atoms with E-state index in [-0.39, 0.29) is 6.04 Å². The van der Waals surface area contributed by atoms with Gasteiger partial charge in [-0.1, -0.05) is 19.1 Å². The zero-order chi connectivity index (χ0) is 15.3. The second-order valence-electron chi connectivity index (χ2n) is 4.28. The summed E-state index contributed by atoms with van der Waals surface area (Å²) in [6, 6.07) is 4.25. The SMILES string of the molecule is CC[C@H](C)NC(=O)C(=O)Nc1ccccc1C(F)(F)F. The molecule has 0 aliphatic carbocycles. The summed E-state index contributed by atoms with van der Waals surface area (Å²) >= 11 is 0. The molecule has 1 aromatic carbocycles. The minimum absolute atomic E-state index is 0.230. The Morgan fingerprint density at radius 2 is 1.80 bits per heavy atom. The molecule has 110 valence electrons. The van der Waals surface area contributed by atoms with E-state index in [1.165, 1.54) is 12.1 Å². The Bertz CT molecular complexity index is 501. The average Bonchev–Trinajstić information content (AvgIpc) is 2.37. The number of nitrogens with one attached hydrogen (secondary N) is 2. The van der Waals surface area contributed by atoms with Crippen LogP contribution in [0.5, 0.6) is 0 Å². The third-order valence-electron chi connectivity index (χ3n) is 2.68. The molecule has 2 N–H and O–H groups in total. The van der Waals surface area contributed by atoms with E-state index in [4.69, 9.17) is 0 Å². The van der Waals surface area contributed by atoms with Gasteiger partial charge in [0.1, 0.15) is 0 Å². The number of para-hydroxylation sites is 1. The number of alkyl halides is 3. The number of hydrogen-bond acceptors (Lipinski definition) is 2. The molecule has 4 nitrogen and oxygen atoms in total. The number of rotatable bonds is 3. The molecule has 20 heavy (non-hydrogen) atoms. The Kier molecular flexibility index (Phi) is 5.12. The van der Waals surface area contributed by atoms with E-state index in [0.717, 1.165) is 12.1 Å². The highest BCUT2D eigenvalue weighted by molar-refractivity contribution is 6.39. The van der Waals surface area contributed by atoms with Crippen LogP contribution >= 0.6 is 0 Å². The first kappa shape index (κ1) is 16.0. The molecule has 2 amide bonds. The van der Waals surface area contributed by atoms with Gasteiger partial charge in [0.05, 0.1) is 11.3 Å². The van der Waals surface area contributed by atoms with Gasteiger partial charge in [-0.15, -0.1) is 0 Å². The van der Waals surface area contributed by atoms with E-state index in [0.29, 0.717) is 6.42 Å². The van der Waals surface area contributed by atoms with Gasteiger partial charge >= 0.3 is 18.0 Å². The second kappa shape index (κ2) is 6.40. The topological polar surface area (TPSA) is 58.2 Å². The monoisotopic (exact) mass is 288 g/mol. The van der Waals surface area contributed by atoms with Crippen LogP contribution in [0.1, 0.15) is 25.8 Å². The number of amides is 2. The van der Waals surface area contributed by atoms with Crippen LogP contribution in [0.25, 0.3) is 0 Å². The number of hydrogen-bond donors (Lipinski definition) is 2. The van der Waals surface area contributed by atoms with Gasteiger partial charge in [-0.05, 0) is 25.5 Å². The van der Waals surface area contributed by atoms with Crippen LogP contribution in [0.4, 0.5) is 18.9 Å². The number of carbonyl (C=O) groups excluding carboxylic acids is 2. The van der Waals surface area contributed by atoms with Crippen LogP contribution in [0, 0.1) is 0 Å². The normalized spacial score (nSPS) is 12.7. The minimum atomic E-state index is -4.60. The van der Waals surface area contributed by atoms with Crippen molar-refractivity contribution in [3.05, 3.63) is 29.8 Å². The lowest BCUT2D eigenvalue weighted by atomic mass is 10.1. The van der Waals surface area contributed by atoms with Crippen molar-refractivity contribution < 1.29 is 22.8 Å². The summed E-state index contributed by atoms with van der Waals surface area (Å²) in [5.41, 5.74) is -1.44.